The molecule has 1 atom stereocenters. The fraction of sp³-hybridized carbons (Fsp3) is 0.667. The first kappa shape index (κ1) is 19.6. The standard InChI is InChI=1S/C12H19N3O2S.2ClH/c1-9-14-10(8-18-9)7-15(2)12(16)5-11-6-13-3-4-17-11;;/h8,11,13H,3-7H2,1-2H3;2*1H. The van der Waals surface area contributed by atoms with Gasteiger partial charge in [0.15, 0.2) is 0 Å². The minimum atomic E-state index is 0. The average Bonchev–Trinajstić information content (AvgIpc) is 2.76. The van der Waals surface area contributed by atoms with Gasteiger partial charge >= 0.3 is 0 Å². The second-order valence-electron chi connectivity index (χ2n) is 4.51. The van der Waals surface area contributed by atoms with E-state index in [1.165, 1.54) is 0 Å². The predicted molar refractivity (Wildman–Crippen MR) is 85.0 cm³/mol. The van der Waals surface area contributed by atoms with E-state index in [2.05, 4.69) is 10.3 Å². The second kappa shape index (κ2) is 9.52. The summed E-state index contributed by atoms with van der Waals surface area (Å²) in [5, 5.41) is 6.26. The minimum absolute atomic E-state index is 0. The first-order valence-electron chi connectivity index (χ1n) is 6.12. The van der Waals surface area contributed by atoms with E-state index in [-0.39, 0.29) is 36.8 Å². The van der Waals surface area contributed by atoms with Gasteiger partial charge in [0.2, 0.25) is 5.91 Å². The van der Waals surface area contributed by atoms with E-state index in [1.807, 2.05) is 19.4 Å². The van der Waals surface area contributed by atoms with E-state index >= 15 is 0 Å². The predicted octanol–water partition coefficient (Wildman–Crippen LogP) is 1.63. The Balaban J connectivity index is 0.00000180. The van der Waals surface area contributed by atoms with Gasteiger partial charge in [0.25, 0.3) is 0 Å². The maximum Gasteiger partial charge on any atom is 0.225 e. The summed E-state index contributed by atoms with van der Waals surface area (Å²) in [6.45, 7) is 4.86. The van der Waals surface area contributed by atoms with Gasteiger partial charge in [0, 0.05) is 25.5 Å². The van der Waals surface area contributed by atoms with Crippen molar-refractivity contribution in [3.63, 3.8) is 0 Å². The van der Waals surface area contributed by atoms with Crippen LogP contribution in [-0.4, -0.2) is 48.6 Å². The Morgan fingerprint density at radius 2 is 2.35 bits per heavy atom. The summed E-state index contributed by atoms with van der Waals surface area (Å²) < 4.78 is 5.53. The number of rotatable bonds is 4. The van der Waals surface area contributed by atoms with Gasteiger partial charge in [-0.25, -0.2) is 4.98 Å². The van der Waals surface area contributed by atoms with Gasteiger partial charge in [-0.1, -0.05) is 0 Å². The normalized spacial score (nSPS) is 17.8. The Morgan fingerprint density at radius 1 is 1.60 bits per heavy atom. The maximum atomic E-state index is 12.0. The van der Waals surface area contributed by atoms with E-state index in [9.17, 15) is 4.79 Å². The van der Waals surface area contributed by atoms with Crippen molar-refractivity contribution >= 4 is 42.1 Å². The summed E-state index contributed by atoms with van der Waals surface area (Å²) in [6, 6.07) is 0. The lowest BCUT2D eigenvalue weighted by Crippen LogP contribution is -2.41. The van der Waals surface area contributed by atoms with Crippen LogP contribution >= 0.6 is 36.2 Å². The van der Waals surface area contributed by atoms with Crippen LogP contribution in [0.4, 0.5) is 0 Å². The van der Waals surface area contributed by atoms with Crippen molar-refractivity contribution in [2.45, 2.75) is 26.0 Å². The number of morpholine rings is 1. The van der Waals surface area contributed by atoms with Crippen molar-refractivity contribution in [3.05, 3.63) is 16.1 Å². The molecule has 1 aromatic heterocycles. The highest BCUT2D eigenvalue weighted by Crippen LogP contribution is 2.11. The van der Waals surface area contributed by atoms with Crippen LogP contribution in [0.5, 0.6) is 0 Å². The van der Waals surface area contributed by atoms with Gasteiger partial charge in [0.1, 0.15) is 0 Å². The smallest absolute Gasteiger partial charge is 0.225 e. The van der Waals surface area contributed by atoms with Crippen LogP contribution in [0.25, 0.3) is 0 Å². The van der Waals surface area contributed by atoms with Crippen molar-refractivity contribution in [1.29, 1.82) is 0 Å². The maximum absolute atomic E-state index is 12.0. The van der Waals surface area contributed by atoms with E-state index in [0.717, 1.165) is 23.8 Å². The summed E-state index contributed by atoms with van der Waals surface area (Å²) in [6.07, 6.45) is 0.443. The fourth-order valence-corrected chi connectivity index (χ4v) is 2.52. The van der Waals surface area contributed by atoms with E-state index in [1.54, 1.807) is 16.2 Å². The first-order valence-corrected chi connectivity index (χ1v) is 7.00. The van der Waals surface area contributed by atoms with Crippen LogP contribution in [-0.2, 0) is 16.1 Å². The van der Waals surface area contributed by atoms with Crippen LogP contribution in [0, 0.1) is 6.92 Å². The third-order valence-electron chi connectivity index (χ3n) is 2.90. The molecular formula is C12H21Cl2N3O2S. The highest BCUT2D eigenvalue weighted by atomic mass is 35.5. The number of hydrogen-bond donors (Lipinski definition) is 1. The van der Waals surface area contributed by atoms with Crippen LogP contribution in [0.1, 0.15) is 17.1 Å². The summed E-state index contributed by atoms with van der Waals surface area (Å²) in [5.41, 5.74) is 0.955. The molecule has 0 aliphatic carbocycles. The van der Waals surface area contributed by atoms with E-state index < -0.39 is 0 Å². The number of aromatic nitrogens is 1. The quantitative estimate of drug-likeness (QED) is 0.904. The Bertz CT molecular complexity index is 411. The number of thiazole rings is 1. The molecular weight excluding hydrogens is 321 g/mol. The molecule has 1 saturated heterocycles. The van der Waals surface area contributed by atoms with Crippen molar-refractivity contribution in [3.8, 4) is 0 Å². The average molecular weight is 342 g/mol. The first-order chi connectivity index (χ1) is 8.65. The molecule has 0 saturated carbocycles. The minimum Gasteiger partial charge on any atom is -0.375 e. The molecule has 1 N–H and O–H groups in total. The summed E-state index contributed by atoms with van der Waals surface area (Å²) in [4.78, 5) is 18.1. The van der Waals surface area contributed by atoms with Gasteiger partial charge in [-0.2, -0.15) is 0 Å². The van der Waals surface area contributed by atoms with Crippen LogP contribution < -0.4 is 5.32 Å². The molecule has 1 fully saturated rings. The number of ether oxygens (including phenoxy) is 1. The number of amides is 1. The van der Waals surface area contributed by atoms with Crippen molar-refractivity contribution in [2.24, 2.45) is 0 Å². The van der Waals surface area contributed by atoms with E-state index in [0.29, 0.717) is 19.6 Å². The molecule has 0 aromatic carbocycles. The molecule has 2 heterocycles. The third-order valence-corrected chi connectivity index (χ3v) is 3.72. The lowest BCUT2D eigenvalue weighted by Gasteiger charge is -2.25. The molecule has 1 unspecified atom stereocenters. The topological polar surface area (TPSA) is 54.5 Å². The molecule has 2 rings (SSSR count). The molecule has 116 valence electrons. The molecule has 1 aromatic rings. The number of halogens is 2. The van der Waals surface area contributed by atoms with E-state index in [4.69, 9.17) is 4.74 Å². The zero-order valence-electron chi connectivity index (χ0n) is 11.6. The Labute approximate surface area is 135 Å². The third kappa shape index (κ3) is 5.93. The number of aryl methyl sites for hydroxylation is 1. The second-order valence-corrected chi connectivity index (χ2v) is 5.57. The summed E-state index contributed by atoms with van der Waals surface area (Å²) >= 11 is 1.61. The molecule has 5 nitrogen and oxygen atoms in total. The lowest BCUT2D eigenvalue weighted by atomic mass is 10.2. The highest BCUT2D eigenvalue weighted by Gasteiger charge is 2.20. The van der Waals surface area contributed by atoms with Crippen molar-refractivity contribution < 1.29 is 9.53 Å². The SMILES string of the molecule is Cc1nc(CN(C)C(=O)CC2CNCCO2)cs1.Cl.Cl. The number of carbonyl (C=O) groups is 1. The van der Waals surface area contributed by atoms with Crippen LogP contribution in [0.3, 0.4) is 0 Å². The highest BCUT2D eigenvalue weighted by molar-refractivity contribution is 7.09. The molecule has 1 aliphatic rings. The van der Waals surface area contributed by atoms with Gasteiger partial charge < -0.3 is 15.0 Å². The molecule has 1 aliphatic heterocycles. The monoisotopic (exact) mass is 341 g/mol. The Morgan fingerprint density at radius 3 is 2.90 bits per heavy atom. The number of carbonyl (C=O) groups excluding carboxylic acids is 1. The molecule has 0 bridgehead atoms. The Kier molecular flexibility index (Phi) is 9.33. The molecule has 0 spiro atoms. The van der Waals surface area contributed by atoms with Gasteiger partial charge in [-0.3, -0.25) is 4.79 Å². The lowest BCUT2D eigenvalue weighted by molar-refractivity contribution is -0.134. The van der Waals surface area contributed by atoms with Crippen molar-refractivity contribution in [2.75, 3.05) is 26.7 Å². The van der Waals surface area contributed by atoms with Gasteiger partial charge in [0.05, 0.1) is 36.4 Å². The summed E-state index contributed by atoms with van der Waals surface area (Å²) in [7, 11) is 1.81. The number of nitrogens with one attached hydrogen (secondary N) is 1. The Hall–Kier alpha value is -0.400. The largest absolute Gasteiger partial charge is 0.375 e. The molecule has 0 radical (unpaired) electrons. The molecule has 1 amide bonds. The fourth-order valence-electron chi connectivity index (χ4n) is 1.91. The van der Waals surface area contributed by atoms with Crippen molar-refractivity contribution in [1.82, 2.24) is 15.2 Å². The molecule has 8 heteroatoms. The van der Waals surface area contributed by atoms with Gasteiger partial charge in [-0.15, -0.1) is 36.2 Å². The van der Waals surface area contributed by atoms with Crippen LogP contribution in [0.2, 0.25) is 0 Å². The number of nitrogens with zero attached hydrogens (tertiary/aromatic N) is 2. The van der Waals surface area contributed by atoms with Crippen LogP contribution in [0.15, 0.2) is 5.38 Å². The zero-order chi connectivity index (χ0) is 13.0. The van der Waals surface area contributed by atoms with Gasteiger partial charge in [-0.05, 0) is 6.92 Å². The zero-order valence-corrected chi connectivity index (χ0v) is 14.1. The number of hydrogen-bond acceptors (Lipinski definition) is 5. The molecule has 20 heavy (non-hydrogen) atoms. The summed E-state index contributed by atoms with van der Waals surface area (Å²) in [5.74, 6) is 0.106.